The summed E-state index contributed by atoms with van der Waals surface area (Å²) in [6, 6.07) is 0. The maximum atomic E-state index is 5.04. The second-order valence-corrected chi connectivity index (χ2v) is 8.81. The summed E-state index contributed by atoms with van der Waals surface area (Å²) in [6.45, 7) is 10.5. The molecule has 124 valence electrons. The zero-order chi connectivity index (χ0) is 16.8. The Kier molecular flexibility index (Phi) is 4.09. The molecule has 1 aliphatic rings. The molecule has 24 heavy (non-hydrogen) atoms. The van der Waals surface area contributed by atoms with E-state index in [0.29, 0.717) is 5.92 Å². The number of rotatable bonds is 4. The molecule has 0 saturated heterocycles. The van der Waals surface area contributed by atoms with Crippen molar-refractivity contribution in [1.29, 1.82) is 0 Å². The molecular weight excluding hydrogens is 334 g/mol. The van der Waals surface area contributed by atoms with Gasteiger partial charge < -0.3 is 0 Å². The van der Waals surface area contributed by atoms with Crippen LogP contribution < -0.4 is 0 Å². The summed E-state index contributed by atoms with van der Waals surface area (Å²) in [5.74, 6) is 1.36. The summed E-state index contributed by atoms with van der Waals surface area (Å²) in [4.78, 5) is 15.3. The number of pyridine rings is 1. The Balaban J connectivity index is 1.98. The Hall–Kier alpha value is -1.46. The molecule has 0 fully saturated rings. The van der Waals surface area contributed by atoms with E-state index >= 15 is 0 Å². The molecule has 0 saturated carbocycles. The van der Waals surface area contributed by atoms with Crippen LogP contribution in [0.15, 0.2) is 23.5 Å². The number of fused-ring (bicyclic) bond motifs is 5. The van der Waals surface area contributed by atoms with E-state index < -0.39 is 0 Å². The van der Waals surface area contributed by atoms with Gasteiger partial charge in [-0.25, -0.2) is 15.0 Å². The highest BCUT2D eigenvalue weighted by Crippen LogP contribution is 2.42. The highest BCUT2D eigenvalue weighted by molar-refractivity contribution is 7.99. The second kappa shape index (κ2) is 6.12. The molecule has 0 aromatic carbocycles. The van der Waals surface area contributed by atoms with Crippen LogP contribution in [0.4, 0.5) is 0 Å². The largest absolute Gasteiger partial charge is 0.241 e. The van der Waals surface area contributed by atoms with Crippen LogP contribution >= 0.6 is 23.1 Å². The van der Waals surface area contributed by atoms with Gasteiger partial charge in [-0.3, -0.25) is 0 Å². The molecule has 3 aromatic rings. The van der Waals surface area contributed by atoms with Crippen molar-refractivity contribution in [3.63, 3.8) is 0 Å². The van der Waals surface area contributed by atoms with Gasteiger partial charge in [0.25, 0.3) is 0 Å². The molecule has 0 atom stereocenters. The molecule has 1 aliphatic carbocycles. The van der Waals surface area contributed by atoms with E-state index in [1.807, 2.05) is 0 Å². The van der Waals surface area contributed by atoms with Crippen LogP contribution in [0.5, 0.6) is 0 Å². The smallest absolute Gasteiger partial charge is 0.126 e. The lowest BCUT2D eigenvalue weighted by Gasteiger charge is -2.11. The van der Waals surface area contributed by atoms with Crippen molar-refractivity contribution in [2.45, 2.75) is 51.0 Å². The number of aryl methyl sites for hydroxylation is 1. The van der Waals surface area contributed by atoms with E-state index in [9.17, 15) is 0 Å². The Morgan fingerprint density at radius 2 is 2.08 bits per heavy atom. The maximum Gasteiger partial charge on any atom is 0.126 e. The van der Waals surface area contributed by atoms with E-state index in [2.05, 4.69) is 37.3 Å². The van der Waals surface area contributed by atoms with Crippen molar-refractivity contribution in [2.24, 2.45) is 0 Å². The lowest BCUT2D eigenvalue weighted by atomic mass is 9.99. The molecule has 4 rings (SSSR count). The van der Waals surface area contributed by atoms with Gasteiger partial charge in [-0.15, -0.1) is 23.1 Å². The standard InChI is InChI=1S/C19H21N3S2/c1-10(2)8-23-19-17-16(20-9-21-19)14-12-6-5-7-13(12)15(11(3)4)22-18(14)24-17/h9,11H,1,5-8H2,2-4H3. The lowest BCUT2D eigenvalue weighted by Crippen LogP contribution is -2.00. The van der Waals surface area contributed by atoms with Crippen LogP contribution in [0, 0.1) is 0 Å². The quantitative estimate of drug-likeness (QED) is 0.351. The zero-order valence-electron chi connectivity index (χ0n) is 14.3. The molecule has 0 bridgehead atoms. The van der Waals surface area contributed by atoms with E-state index in [-0.39, 0.29) is 0 Å². The predicted molar refractivity (Wildman–Crippen MR) is 104 cm³/mol. The molecule has 0 spiro atoms. The van der Waals surface area contributed by atoms with Gasteiger partial charge in [-0.05, 0) is 43.2 Å². The fourth-order valence-corrected chi connectivity index (χ4v) is 5.56. The van der Waals surface area contributed by atoms with Crippen LogP contribution in [0.1, 0.15) is 49.9 Å². The van der Waals surface area contributed by atoms with Crippen molar-refractivity contribution < 1.29 is 0 Å². The lowest BCUT2D eigenvalue weighted by molar-refractivity contribution is 0.805. The van der Waals surface area contributed by atoms with Gasteiger partial charge in [0.05, 0.1) is 10.2 Å². The molecule has 0 aliphatic heterocycles. The number of nitrogens with zero attached hydrogens (tertiary/aromatic N) is 3. The van der Waals surface area contributed by atoms with Gasteiger partial charge in [0.15, 0.2) is 0 Å². The van der Waals surface area contributed by atoms with Crippen molar-refractivity contribution in [2.75, 3.05) is 5.75 Å². The summed E-state index contributed by atoms with van der Waals surface area (Å²) in [6.07, 6.45) is 5.24. The van der Waals surface area contributed by atoms with Crippen molar-refractivity contribution >= 4 is 43.5 Å². The summed E-state index contributed by atoms with van der Waals surface area (Å²) in [7, 11) is 0. The SMILES string of the molecule is C=C(C)CSc1ncnc2c1sc1nc(C(C)C)c3c(c12)CCC3. The number of hydrogen-bond donors (Lipinski definition) is 0. The van der Waals surface area contributed by atoms with Crippen LogP contribution in [-0.4, -0.2) is 20.7 Å². The van der Waals surface area contributed by atoms with Crippen LogP contribution in [0.3, 0.4) is 0 Å². The predicted octanol–water partition coefficient (Wildman–Crippen LogP) is 5.52. The zero-order valence-corrected chi connectivity index (χ0v) is 16.0. The molecule has 3 heterocycles. The monoisotopic (exact) mass is 355 g/mol. The first-order chi connectivity index (χ1) is 11.6. The molecule has 5 heteroatoms. The molecule has 3 aromatic heterocycles. The van der Waals surface area contributed by atoms with E-state index in [1.165, 1.54) is 33.3 Å². The summed E-state index contributed by atoms with van der Waals surface area (Å²) in [5.41, 5.74) is 6.51. The van der Waals surface area contributed by atoms with Gasteiger partial charge in [-0.1, -0.05) is 26.0 Å². The van der Waals surface area contributed by atoms with Crippen LogP contribution in [0.2, 0.25) is 0 Å². The third-order valence-electron chi connectivity index (χ3n) is 4.47. The number of thioether (sulfide) groups is 1. The highest BCUT2D eigenvalue weighted by atomic mass is 32.2. The minimum absolute atomic E-state index is 0.467. The normalized spacial score (nSPS) is 14.0. The van der Waals surface area contributed by atoms with Gasteiger partial charge >= 0.3 is 0 Å². The number of aromatic nitrogens is 3. The van der Waals surface area contributed by atoms with E-state index in [1.54, 1.807) is 29.4 Å². The van der Waals surface area contributed by atoms with Gasteiger partial charge in [0, 0.05) is 16.8 Å². The minimum Gasteiger partial charge on any atom is -0.241 e. The van der Waals surface area contributed by atoms with Crippen molar-refractivity contribution in [3.05, 3.63) is 35.3 Å². The molecule has 0 radical (unpaired) electrons. The molecule has 0 amide bonds. The Bertz CT molecular complexity index is 956. The van der Waals surface area contributed by atoms with Gasteiger partial charge in [-0.2, -0.15) is 0 Å². The molecule has 3 nitrogen and oxygen atoms in total. The first kappa shape index (κ1) is 16.0. The first-order valence-electron chi connectivity index (χ1n) is 8.42. The van der Waals surface area contributed by atoms with Crippen molar-refractivity contribution in [1.82, 2.24) is 15.0 Å². The molecule has 0 unspecified atom stereocenters. The van der Waals surface area contributed by atoms with E-state index in [4.69, 9.17) is 4.98 Å². The average Bonchev–Trinajstić information content (AvgIpc) is 3.15. The van der Waals surface area contributed by atoms with Gasteiger partial charge in [0.1, 0.15) is 16.2 Å². The van der Waals surface area contributed by atoms with Crippen LogP contribution in [0.25, 0.3) is 20.4 Å². The average molecular weight is 356 g/mol. The maximum absolute atomic E-state index is 5.04. The Morgan fingerprint density at radius 3 is 2.83 bits per heavy atom. The number of thiophene rings is 1. The Morgan fingerprint density at radius 1 is 1.29 bits per heavy atom. The number of hydrogen-bond acceptors (Lipinski definition) is 5. The molecular formula is C19H21N3S2. The summed E-state index contributed by atoms with van der Waals surface area (Å²) in [5, 5.41) is 2.34. The van der Waals surface area contributed by atoms with Crippen molar-refractivity contribution in [3.8, 4) is 0 Å². The second-order valence-electron chi connectivity index (χ2n) is 6.85. The fraction of sp³-hybridized carbons (Fsp3) is 0.421. The molecule has 0 N–H and O–H groups in total. The minimum atomic E-state index is 0.467. The first-order valence-corrected chi connectivity index (χ1v) is 10.2. The van der Waals surface area contributed by atoms with Crippen LogP contribution in [-0.2, 0) is 12.8 Å². The fourth-order valence-electron chi connectivity index (χ4n) is 3.48. The van der Waals surface area contributed by atoms with Gasteiger partial charge in [0.2, 0.25) is 0 Å². The highest BCUT2D eigenvalue weighted by Gasteiger charge is 2.25. The Labute approximate surface area is 150 Å². The van der Waals surface area contributed by atoms with E-state index in [0.717, 1.165) is 39.5 Å². The summed E-state index contributed by atoms with van der Waals surface area (Å²) < 4.78 is 1.18. The third-order valence-corrected chi connectivity index (χ3v) is 6.90. The summed E-state index contributed by atoms with van der Waals surface area (Å²) >= 11 is 3.50. The third kappa shape index (κ3) is 2.54. The topological polar surface area (TPSA) is 38.7 Å².